The van der Waals surface area contributed by atoms with Gasteiger partial charge in [-0.25, -0.2) is 0 Å². The summed E-state index contributed by atoms with van der Waals surface area (Å²) in [5.74, 6) is 0.141. The molecule has 158 valence electrons. The van der Waals surface area contributed by atoms with E-state index < -0.39 is 0 Å². The van der Waals surface area contributed by atoms with Gasteiger partial charge in [-0.2, -0.15) is 0 Å². The van der Waals surface area contributed by atoms with Gasteiger partial charge < -0.3 is 35.5 Å². The Morgan fingerprint density at radius 3 is 1.42 bits per heavy atom. The van der Waals surface area contributed by atoms with Gasteiger partial charge in [0.2, 0.25) is 0 Å². The zero-order valence-electron chi connectivity index (χ0n) is 18.4. The molecule has 0 bridgehead atoms. The topological polar surface area (TPSA) is 109 Å². The zero-order valence-corrected chi connectivity index (χ0v) is 22.4. The van der Waals surface area contributed by atoms with Gasteiger partial charge in [0.05, 0.1) is 0 Å². The Bertz CT molecular complexity index is 1020. The van der Waals surface area contributed by atoms with E-state index in [1.54, 1.807) is 24.3 Å². The third-order valence-corrected chi connectivity index (χ3v) is 4.23. The maximum Gasteiger partial charge on any atom is 1.00 e. The number of rotatable bonds is 9. The molecule has 0 atom stereocenters. The largest absolute Gasteiger partial charge is 1.00 e. The predicted molar refractivity (Wildman–Crippen MR) is 112 cm³/mol. The van der Waals surface area contributed by atoms with Crippen LogP contribution in [0.4, 0.5) is 5.69 Å². The molecule has 0 amide bonds. The van der Waals surface area contributed by atoms with Crippen molar-refractivity contribution in [1.82, 2.24) is 0 Å². The first-order valence-corrected chi connectivity index (χ1v) is 9.10. The van der Waals surface area contributed by atoms with Crippen molar-refractivity contribution >= 4 is 17.3 Å². The number of nitrogen functional groups attached to an aromatic ring is 1. The van der Waals surface area contributed by atoms with Gasteiger partial charge in [-0.1, -0.05) is 36.4 Å². The van der Waals surface area contributed by atoms with Crippen LogP contribution >= 0.6 is 0 Å². The molecule has 2 N–H and O–H groups in total. The number of hydrogen-bond donors (Lipinski definition) is 1. The second-order valence-corrected chi connectivity index (χ2v) is 6.39. The quantitative estimate of drug-likeness (QED) is 0.0909. The van der Waals surface area contributed by atoms with Crippen LogP contribution in [0.1, 0.15) is 16.7 Å². The third kappa shape index (κ3) is 8.58. The smallest absolute Gasteiger partial charge is 0.661 e. The van der Waals surface area contributed by atoms with Gasteiger partial charge in [0, 0.05) is 5.69 Å². The van der Waals surface area contributed by atoms with Crippen LogP contribution in [-0.4, -0.2) is 0 Å². The average molecular weight is 463 g/mol. The maximum absolute atomic E-state index is 10.4. The summed E-state index contributed by atoms with van der Waals surface area (Å²) in [6, 6.07) is 21.6. The van der Waals surface area contributed by atoms with E-state index in [0.717, 1.165) is 22.3 Å². The van der Waals surface area contributed by atoms with Crippen molar-refractivity contribution in [2.75, 3.05) is 5.73 Å². The van der Waals surface area contributed by atoms with Crippen LogP contribution < -0.4 is 84.8 Å². The van der Waals surface area contributed by atoms with E-state index in [4.69, 9.17) is 15.2 Å². The summed E-state index contributed by atoms with van der Waals surface area (Å²) in [6.45, 7) is 6.69. The Balaban J connectivity index is 0.00000272. The van der Waals surface area contributed by atoms with Gasteiger partial charge in [0.25, 0.3) is 11.9 Å². The first-order chi connectivity index (χ1) is 15.0. The predicted octanol–water partition coefficient (Wildman–Crippen LogP) is -2.85. The fourth-order valence-corrected chi connectivity index (χ4v) is 2.79. The summed E-state index contributed by atoms with van der Waals surface area (Å²) in [5.41, 5.74) is 10.1. The van der Waals surface area contributed by atoms with E-state index in [0.29, 0.717) is 17.2 Å². The van der Waals surface area contributed by atoms with Gasteiger partial charge >= 0.3 is 59.1 Å². The van der Waals surface area contributed by atoms with Crippen molar-refractivity contribution in [3.05, 3.63) is 115 Å². The molecule has 0 saturated carbocycles. The van der Waals surface area contributed by atoms with Crippen molar-refractivity contribution < 1.29 is 88.9 Å². The molecular weight excluding hydrogens is 444 g/mol. The minimum atomic E-state index is -0.343. The normalized spacial score (nSPS) is 9.39. The molecule has 7 nitrogen and oxygen atoms in total. The van der Waals surface area contributed by atoms with E-state index in [1.807, 2.05) is 54.6 Å². The van der Waals surface area contributed by atoms with Gasteiger partial charge in [0.1, 0.15) is 11.5 Å². The van der Waals surface area contributed by atoms with Crippen LogP contribution in [0.3, 0.4) is 0 Å². The van der Waals surface area contributed by atoms with Crippen LogP contribution in [0.15, 0.2) is 97.8 Å². The van der Waals surface area contributed by atoms with Gasteiger partial charge in [-0.3, -0.25) is 0 Å². The Labute approximate surface area is 236 Å². The molecule has 33 heavy (non-hydrogen) atoms. The molecule has 0 aliphatic carbocycles. The van der Waals surface area contributed by atoms with Crippen LogP contribution in [0.25, 0.3) is 11.6 Å². The summed E-state index contributed by atoms with van der Waals surface area (Å²) in [4.78, 5) is 7.40. The average Bonchev–Trinajstić information content (AvgIpc) is 2.80. The second-order valence-electron chi connectivity index (χ2n) is 6.39. The molecule has 0 spiro atoms. The van der Waals surface area contributed by atoms with E-state index in [2.05, 4.69) is 22.9 Å². The Morgan fingerprint density at radius 1 is 0.667 bits per heavy atom. The molecule has 0 saturated heterocycles. The maximum atomic E-state index is 10.4. The van der Waals surface area contributed by atoms with Crippen molar-refractivity contribution in [3.63, 3.8) is 0 Å². The van der Waals surface area contributed by atoms with E-state index in [-0.39, 0.29) is 71.0 Å². The summed E-state index contributed by atoms with van der Waals surface area (Å²) in [7, 11) is 0. The standard InChI is InChI=1S/C24H21NO6.2Na/c1-16(30-26)28-22-11-5-19(6-12-22)24(15-18-3-9-21(25)10-4-18)20-7-13-23(14-8-20)29-17(2)31-27;;/h3-15,26-27H,1-2,25H2;;/q;2*+1/p-2. The Hall–Kier alpha value is -2.20. The van der Waals surface area contributed by atoms with E-state index >= 15 is 0 Å². The minimum Gasteiger partial charge on any atom is -0.661 e. The molecule has 3 aromatic rings. The Kier molecular flexibility index (Phi) is 12.4. The number of hydrogen-bond acceptors (Lipinski definition) is 7. The van der Waals surface area contributed by atoms with Gasteiger partial charge in [-0.05, 0) is 77.9 Å². The second kappa shape index (κ2) is 14.1. The van der Waals surface area contributed by atoms with Crippen LogP contribution in [0.2, 0.25) is 0 Å². The monoisotopic (exact) mass is 463 g/mol. The first-order valence-electron chi connectivity index (χ1n) is 9.10. The summed E-state index contributed by atoms with van der Waals surface area (Å²) >= 11 is 0. The van der Waals surface area contributed by atoms with Crippen LogP contribution in [0, 0.1) is 0 Å². The molecule has 0 fully saturated rings. The number of benzene rings is 3. The van der Waals surface area contributed by atoms with E-state index in [9.17, 15) is 10.5 Å². The summed E-state index contributed by atoms with van der Waals surface area (Å²) < 4.78 is 10.3. The number of anilines is 1. The van der Waals surface area contributed by atoms with E-state index in [1.165, 1.54) is 0 Å². The molecule has 0 heterocycles. The van der Waals surface area contributed by atoms with Crippen LogP contribution in [0.5, 0.6) is 11.5 Å². The van der Waals surface area contributed by atoms with Crippen molar-refractivity contribution in [3.8, 4) is 11.5 Å². The summed E-state index contributed by atoms with van der Waals surface area (Å²) in [6.07, 6.45) is 2.00. The molecule has 0 aromatic heterocycles. The molecule has 0 aliphatic rings. The van der Waals surface area contributed by atoms with Crippen molar-refractivity contribution in [2.24, 2.45) is 0 Å². The summed E-state index contributed by atoms with van der Waals surface area (Å²) in [5, 5.41) is 20.7. The fraction of sp³-hybridized carbons (Fsp3) is 0. The minimum absolute atomic E-state index is 0. The van der Waals surface area contributed by atoms with Crippen molar-refractivity contribution in [1.29, 1.82) is 0 Å². The van der Waals surface area contributed by atoms with Crippen LogP contribution in [-0.2, 0) is 9.78 Å². The Morgan fingerprint density at radius 2 is 1.06 bits per heavy atom. The molecule has 3 rings (SSSR count). The SMILES string of the molecule is C=C(O[O-])Oc1ccc(C(=Cc2ccc(N)cc2)c2ccc(OC(=C)O[O-])cc2)cc1.[Na+].[Na+]. The third-order valence-electron chi connectivity index (χ3n) is 4.23. The molecule has 0 aliphatic heterocycles. The molecule has 0 unspecified atom stereocenters. The number of nitrogens with two attached hydrogens (primary N) is 1. The van der Waals surface area contributed by atoms with Gasteiger partial charge in [0.15, 0.2) is 0 Å². The molecule has 0 radical (unpaired) electrons. The zero-order chi connectivity index (χ0) is 22.2. The molecule has 3 aromatic carbocycles. The molecular formula is C24H19NNa2O6. The van der Waals surface area contributed by atoms with Crippen molar-refractivity contribution in [2.45, 2.75) is 0 Å². The first kappa shape index (κ1) is 28.8. The number of ether oxygens (including phenoxy) is 2. The fourth-order valence-electron chi connectivity index (χ4n) is 2.79. The van der Waals surface area contributed by atoms with Gasteiger partial charge in [-0.15, -0.1) is 0 Å². The molecule has 9 heteroatoms.